The van der Waals surface area contributed by atoms with Gasteiger partial charge in [-0.05, 0) is 39.8 Å². The summed E-state index contributed by atoms with van der Waals surface area (Å²) < 4.78 is 3.71. The summed E-state index contributed by atoms with van der Waals surface area (Å²) in [6.07, 6.45) is 1.58. The molecule has 0 saturated carbocycles. The Balaban J connectivity index is 2.44. The smallest absolute Gasteiger partial charge is 0.259 e. The van der Waals surface area contributed by atoms with Crippen molar-refractivity contribution in [2.24, 2.45) is 7.05 Å². The number of carbonyl (C=O) groups excluding carboxylic acids is 1. The van der Waals surface area contributed by atoms with Crippen LogP contribution in [0.15, 0.2) is 18.3 Å². The normalized spacial score (nSPS) is 11.8. The third-order valence-electron chi connectivity index (χ3n) is 3.59. The minimum absolute atomic E-state index is 0.155. The third kappa shape index (κ3) is 3.06. The molecule has 0 atom stereocenters. The zero-order chi connectivity index (χ0) is 16.7. The Morgan fingerprint density at radius 2 is 1.86 bits per heavy atom. The lowest BCUT2D eigenvalue weighted by Crippen LogP contribution is -2.40. The van der Waals surface area contributed by atoms with Crippen molar-refractivity contribution in [3.8, 4) is 5.82 Å². The number of hydrogen-bond acceptors (Lipinski definition) is 3. The number of rotatable bonds is 4. The van der Waals surface area contributed by atoms with Crippen LogP contribution in [0.5, 0.6) is 0 Å². The number of aryl methyl sites for hydroxylation is 3. The van der Waals surface area contributed by atoms with Gasteiger partial charge in [-0.2, -0.15) is 5.10 Å². The Bertz CT molecular complexity index is 672. The average molecular weight is 304 g/mol. The van der Waals surface area contributed by atoms with Gasteiger partial charge in [-0.15, -0.1) is 0 Å². The van der Waals surface area contributed by atoms with Crippen LogP contribution >= 0.6 is 0 Å². The zero-order valence-corrected chi connectivity index (χ0v) is 14.1. The van der Waals surface area contributed by atoms with Crippen molar-refractivity contribution in [2.45, 2.75) is 33.3 Å². The highest BCUT2D eigenvalue weighted by Crippen LogP contribution is 2.21. The predicted octanol–water partition coefficient (Wildman–Crippen LogP) is 1.67. The van der Waals surface area contributed by atoms with Crippen molar-refractivity contribution in [3.63, 3.8) is 0 Å². The third-order valence-corrected chi connectivity index (χ3v) is 3.59. The van der Waals surface area contributed by atoms with E-state index in [-0.39, 0.29) is 12.5 Å². The molecule has 1 amide bonds. The molecule has 2 aromatic rings. The van der Waals surface area contributed by atoms with Crippen LogP contribution in [0.2, 0.25) is 0 Å². The largest absolute Gasteiger partial charge is 0.389 e. The van der Waals surface area contributed by atoms with Crippen LogP contribution < -0.4 is 0 Å². The molecule has 0 saturated heterocycles. The van der Waals surface area contributed by atoms with Gasteiger partial charge in [0.05, 0.1) is 11.8 Å². The van der Waals surface area contributed by atoms with Gasteiger partial charge in [0.1, 0.15) is 11.4 Å². The number of aliphatic hydroxyl groups is 1. The molecule has 2 rings (SSSR count). The van der Waals surface area contributed by atoms with E-state index in [2.05, 4.69) is 5.10 Å². The Labute approximate surface area is 131 Å². The summed E-state index contributed by atoms with van der Waals surface area (Å²) in [6, 6.07) is 4.02. The van der Waals surface area contributed by atoms with Crippen molar-refractivity contribution < 1.29 is 9.90 Å². The maximum atomic E-state index is 12.7. The second-order valence-corrected chi connectivity index (χ2v) is 6.43. The summed E-state index contributed by atoms with van der Waals surface area (Å²) in [7, 11) is 3.51. The average Bonchev–Trinajstić information content (AvgIpc) is 2.90. The first-order chi connectivity index (χ1) is 10.1. The predicted molar refractivity (Wildman–Crippen MR) is 85.3 cm³/mol. The number of amides is 1. The summed E-state index contributed by atoms with van der Waals surface area (Å²) in [5, 5.41) is 14.2. The van der Waals surface area contributed by atoms with Gasteiger partial charge in [-0.3, -0.25) is 9.48 Å². The monoisotopic (exact) mass is 304 g/mol. The Hall–Kier alpha value is -2.08. The van der Waals surface area contributed by atoms with Gasteiger partial charge in [-0.25, -0.2) is 0 Å². The molecule has 0 bridgehead atoms. The molecule has 6 heteroatoms. The Kier molecular flexibility index (Phi) is 4.15. The van der Waals surface area contributed by atoms with Gasteiger partial charge in [0.2, 0.25) is 0 Å². The topological polar surface area (TPSA) is 63.3 Å². The van der Waals surface area contributed by atoms with Gasteiger partial charge < -0.3 is 14.6 Å². The molecule has 0 radical (unpaired) electrons. The number of aromatic nitrogens is 3. The van der Waals surface area contributed by atoms with Crippen LogP contribution in [0.1, 0.15) is 35.6 Å². The van der Waals surface area contributed by atoms with Gasteiger partial charge in [0.15, 0.2) is 0 Å². The van der Waals surface area contributed by atoms with Gasteiger partial charge in [0, 0.05) is 32.0 Å². The van der Waals surface area contributed by atoms with Crippen LogP contribution in [-0.2, 0) is 7.05 Å². The highest BCUT2D eigenvalue weighted by molar-refractivity contribution is 5.97. The highest BCUT2D eigenvalue weighted by Gasteiger charge is 2.25. The molecule has 2 aromatic heterocycles. The van der Waals surface area contributed by atoms with E-state index in [0.717, 1.165) is 17.2 Å². The first-order valence-corrected chi connectivity index (χ1v) is 7.27. The molecular weight excluding hydrogens is 280 g/mol. The second-order valence-electron chi connectivity index (χ2n) is 6.43. The fraction of sp³-hybridized carbons (Fsp3) is 0.500. The summed E-state index contributed by atoms with van der Waals surface area (Å²) in [6.45, 7) is 7.61. The first kappa shape index (κ1) is 16.3. The van der Waals surface area contributed by atoms with Crippen molar-refractivity contribution in [2.75, 3.05) is 13.6 Å². The number of likely N-dealkylation sites (N-methyl/N-ethyl adjacent to an activating group) is 1. The molecule has 0 aliphatic carbocycles. The van der Waals surface area contributed by atoms with Gasteiger partial charge in [-0.1, -0.05) is 0 Å². The van der Waals surface area contributed by atoms with Crippen LogP contribution in [0.3, 0.4) is 0 Å². The molecule has 0 fully saturated rings. The van der Waals surface area contributed by atoms with Crippen LogP contribution in [0.4, 0.5) is 0 Å². The lowest BCUT2D eigenvalue weighted by atomic mass is 10.1. The summed E-state index contributed by atoms with van der Waals surface area (Å²) in [5.74, 6) is 0.588. The van der Waals surface area contributed by atoms with Crippen LogP contribution in [0, 0.1) is 13.8 Å². The maximum absolute atomic E-state index is 12.7. The second kappa shape index (κ2) is 5.61. The molecule has 120 valence electrons. The van der Waals surface area contributed by atoms with E-state index in [1.165, 1.54) is 4.90 Å². The molecular formula is C16H24N4O2. The number of nitrogens with zero attached hydrogens (tertiary/aromatic N) is 4. The molecule has 0 aromatic carbocycles. The van der Waals surface area contributed by atoms with Crippen LogP contribution in [0.25, 0.3) is 5.82 Å². The summed E-state index contributed by atoms with van der Waals surface area (Å²) >= 11 is 0. The minimum Gasteiger partial charge on any atom is -0.389 e. The molecule has 0 aliphatic heterocycles. The van der Waals surface area contributed by atoms with Crippen molar-refractivity contribution in [1.29, 1.82) is 0 Å². The first-order valence-electron chi connectivity index (χ1n) is 7.27. The fourth-order valence-electron chi connectivity index (χ4n) is 2.71. The van der Waals surface area contributed by atoms with Crippen LogP contribution in [-0.4, -0.2) is 49.5 Å². The van der Waals surface area contributed by atoms with E-state index in [1.807, 2.05) is 37.6 Å². The Morgan fingerprint density at radius 3 is 2.36 bits per heavy atom. The molecule has 1 N–H and O–H groups in total. The molecule has 0 aliphatic rings. The molecule has 6 nitrogen and oxygen atoms in total. The molecule has 0 spiro atoms. The zero-order valence-electron chi connectivity index (χ0n) is 14.1. The SMILES string of the molecule is Cc1ccc(C)n1-c1c(C(=O)N(C)CC(C)(C)O)cnn1C. The number of carbonyl (C=O) groups is 1. The lowest BCUT2D eigenvalue weighted by Gasteiger charge is -2.25. The van der Waals surface area contributed by atoms with E-state index in [0.29, 0.717) is 5.56 Å². The molecule has 22 heavy (non-hydrogen) atoms. The quantitative estimate of drug-likeness (QED) is 0.934. The van der Waals surface area contributed by atoms with Crippen molar-refractivity contribution in [1.82, 2.24) is 19.2 Å². The highest BCUT2D eigenvalue weighted by atomic mass is 16.3. The van der Waals surface area contributed by atoms with Crippen molar-refractivity contribution >= 4 is 5.91 Å². The van der Waals surface area contributed by atoms with Gasteiger partial charge >= 0.3 is 0 Å². The van der Waals surface area contributed by atoms with E-state index < -0.39 is 5.60 Å². The van der Waals surface area contributed by atoms with Crippen molar-refractivity contribution in [3.05, 3.63) is 35.3 Å². The van der Waals surface area contributed by atoms with E-state index >= 15 is 0 Å². The molecule has 0 unspecified atom stereocenters. The summed E-state index contributed by atoms with van der Waals surface area (Å²) in [5.41, 5.74) is 1.67. The van der Waals surface area contributed by atoms with E-state index in [1.54, 1.807) is 31.8 Å². The molecule has 2 heterocycles. The lowest BCUT2D eigenvalue weighted by molar-refractivity contribution is 0.0368. The van der Waals surface area contributed by atoms with Gasteiger partial charge in [0.25, 0.3) is 5.91 Å². The number of hydrogen-bond donors (Lipinski definition) is 1. The Morgan fingerprint density at radius 1 is 1.32 bits per heavy atom. The van der Waals surface area contributed by atoms with E-state index in [4.69, 9.17) is 0 Å². The minimum atomic E-state index is -0.938. The fourth-order valence-corrected chi connectivity index (χ4v) is 2.71. The van der Waals surface area contributed by atoms with E-state index in [9.17, 15) is 9.90 Å². The summed E-state index contributed by atoms with van der Waals surface area (Å²) in [4.78, 5) is 14.2. The standard InChI is InChI=1S/C16H24N4O2/c1-11-7-8-12(2)20(11)14-13(9-17-19(14)6)15(21)18(5)10-16(3,4)22/h7-9,22H,10H2,1-6H3. The maximum Gasteiger partial charge on any atom is 0.259 e.